The predicted octanol–water partition coefficient (Wildman–Crippen LogP) is 3.45. The summed E-state index contributed by atoms with van der Waals surface area (Å²) in [4.78, 5) is 23.8. The Kier molecular flexibility index (Phi) is 7.31. The van der Waals surface area contributed by atoms with Crippen molar-refractivity contribution >= 4 is 27.6 Å². The molecule has 0 aliphatic carbocycles. The number of anilines is 1. The molecule has 0 atom stereocenters. The van der Waals surface area contributed by atoms with Gasteiger partial charge in [-0.05, 0) is 49.2 Å². The Bertz CT molecular complexity index is 933. The van der Waals surface area contributed by atoms with Crippen LogP contribution in [0.2, 0.25) is 0 Å². The summed E-state index contributed by atoms with van der Waals surface area (Å²) in [5.74, 6) is -1.77. The number of nitrogens with zero attached hydrogens (tertiary/aromatic N) is 1. The van der Waals surface area contributed by atoms with Crippen LogP contribution in [0.25, 0.3) is 0 Å². The van der Waals surface area contributed by atoms with Gasteiger partial charge in [0.05, 0.1) is 16.0 Å². The van der Waals surface area contributed by atoms with Gasteiger partial charge in [0, 0.05) is 18.8 Å². The minimum absolute atomic E-state index is 0.0313. The maximum absolute atomic E-state index is 12.8. The number of hydrogen-bond acceptors (Lipinski definition) is 4. The molecule has 0 heterocycles. The lowest BCUT2D eigenvalue weighted by atomic mass is 10.1. The van der Waals surface area contributed by atoms with Gasteiger partial charge in [-0.25, -0.2) is 13.2 Å². The van der Waals surface area contributed by atoms with Crippen LogP contribution in [0.3, 0.4) is 0 Å². The van der Waals surface area contributed by atoms with Crippen molar-refractivity contribution in [2.75, 3.05) is 18.4 Å². The van der Waals surface area contributed by atoms with Crippen LogP contribution in [0, 0.1) is 0 Å². The molecule has 0 radical (unpaired) electrons. The third-order valence-corrected chi connectivity index (χ3v) is 6.01. The number of sulfonamides is 1. The Morgan fingerprint density at radius 2 is 1.46 bits per heavy atom. The minimum Gasteiger partial charge on any atom is -0.478 e. The van der Waals surface area contributed by atoms with Crippen LogP contribution in [0.5, 0.6) is 0 Å². The topological polar surface area (TPSA) is 104 Å². The molecule has 0 aromatic heterocycles. The molecule has 2 aromatic rings. The van der Waals surface area contributed by atoms with Gasteiger partial charge in [-0.2, -0.15) is 4.31 Å². The maximum atomic E-state index is 12.8. The zero-order valence-corrected chi connectivity index (χ0v) is 16.7. The molecule has 7 nitrogen and oxygen atoms in total. The lowest BCUT2D eigenvalue weighted by Crippen LogP contribution is -2.32. The molecule has 150 valence electrons. The molecule has 0 saturated heterocycles. The first-order valence-electron chi connectivity index (χ1n) is 9.05. The molecule has 0 fully saturated rings. The molecule has 0 bridgehead atoms. The van der Waals surface area contributed by atoms with Gasteiger partial charge in [-0.3, -0.25) is 4.79 Å². The van der Waals surface area contributed by atoms with Gasteiger partial charge in [0.2, 0.25) is 10.0 Å². The molecular weight excluding hydrogens is 380 g/mol. The highest BCUT2D eigenvalue weighted by Gasteiger charge is 2.23. The Balaban J connectivity index is 2.21. The van der Waals surface area contributed by atoms with E-state index >= 15 is 0 Å². The molecule has 0 spiro atoms. The number of amides is 1. The van der Waals surface area contributed by atoms with E-state index in [2.05, 4.69) is 5.32 Å². The summed E-state index contributed by atoms with van der Waals surface area (Å²) in [6.45, 7) is 4.73. The van der Waals surface area contributed by atoms with Crippen molar-refractivity contribution in [3.05, 3.63) is 59.7 Å². The largest absolute Gasteiger partial charge is 0.478 e. The SMILES string of the molecule is CCCN(CCC)S(=O)(=O)c1ccc(NC(=O)c2ccccc2C(=O)O)cc1. The van der Waals surface area contributed by atoms with E-state index in [0.717, 1.165) is 12.8 Å². The second-order valence-electron chi connectivity index (χ2n) is 6.23. The summed E-state index contributed by atoms with van der Waals surface area (Å²) in [5.41, 5.74) is 0.305. The van der Waals surface area contributed by atoms with Crippen molar-refractivity contribution in [2.45, 2.75) is 31.6 Å². The Hall–Kier alpha value is -2.71. The van der Waals surface area contributed by atoms with Gasteiger partial charge in [0.25, 0.3) is 5.91 Å². The number of carboxylic acid groups (broad SMARTS) is 1. The van der Waals surface area contributed by atoms with Gasteiger partial charge in [-0.15, -0.1) is 0 Å². The molecule has 0 aliphatic rings. The van der Waals surface area contributed by atoms with Crippen LogP contribution >= 0.6 is 0 Å². The third kappa shape index (κ3) is 4.96. The van der Waals surface area contributed by atoms with Gasteiger partial charge in [-0.1, -0.05) is 26.0 Å². The molecule has 2 N–H and O–H groups in total. The Labute approximate surface area is 165 Å². The Morgan fingerprint density at radius 3 is 1.96 bits per heavy atom. The van der Waals surface area contributed by atoms with Gasteiger partial charge < -0.3 is 10.4 Å². The molecule has 0 unspecified atom stereocenters. The monoisotopic (exact) mass is 404 g/mol. The quantitative estimate of drug-likeness (QED) is 0.666. The van der Waals surface area contributed by atoms with E-state index in [0.29, 0.717) is 18.8 Å². The maximum Gasteiger partial charge on any atom is 0.336 e. The van der Waals surface area contributed by atoms with E-state index in [4.69, 9.17) is 0 Å². The fourth-order valence-corrected chi connectivity index (χ4v) is 4.40. The molecule has 1 amide bonds. The fraction of sp³-hybridized carbons (Fsp3) is 0.300. The van der Waals surface area contributed by atoms with Crippen molar-refractivity contribution in [2.24, 2.45) is 0 Å². The zero-order chi connectivity index (χ0) is 20.7. The summed E-state index contributed by atoms with van der Waals surface area (Å²) >= 11 is 0. The first-order chi connectivity index (χ1) is 13.3. The summed E-state index contributed by atoms with van der Waals surface area (Å²) in [7, 11) is -3.60. The van der Waals surface area contributed by atoms with Gasteiger partial charge in [0.15, 0.2) is 0 Å². The molecule has 8 heteroatoms. The number of rotatable bonds is 9. The number of hydrogen-bond donors (Lipinski definition) is 2. The number of nitrogens with one attached hydrogen (secondary N) is 1. The van der Waals surface area contributed by atoms with Crippen LogP contribution in [-0.4, -0.2) is 42.8 Å². The van der Waals surface area contributed by atoms with Gasteiger partial charge in [0.1, 0.15) is 0 Å². The molecule has 2 aromatic carbocycles. The normalized spacial score (nSPS) is 11.4. The number of aromatic carboxylic acids is 1. The number of carbonyl (C=O) groups is 2. The van der Waals surface area contributed by atoms with E-state index in [-0.39, 0.29) is 16.0 Å². The van der Waals surface area contributed by atoms with Crippen molar-refractivity contribution in [3.63, 3.8) is 0 Å². The van der Waals surface area contributed by atoms with Crippen LogP contribution in [0.15, 0.2) is 53.4 Å². The number of carboxylic acids is 1. The lowest BCUT2D eigenvalue weighted by molar-refractivity contribution is 0.0692. The van der Waals surface area contributed by atoms with Crippen LogP contribution < -0.4 is 5.32 Å². The van der Waals surface area contributed by atoms with Crippen molar-refractivity contribution in [3.8, 4) is 0 Å². The molecular formula is C20H24N2O5S. The second kappa shape index (κ2) is 9.48. The fourth-order valence-electron chi connectivity index (χ4n) is 2.78. The first-order valence-corrected chi connectivity index (χ1v) is 10.5. The van der Waals surface area contributed by atoms with Crippen molar-refractivity contribution in [1.82, 2.24) is 4.31 Å². The Morgan fingerprint density at radius 1 is 0.929 bits per heavy atom. The highest BCUT2D eigenvalue weighted by molar-refractivity contribution is 7.89. The highest BCUT2D eigenvalue weighted by Crippen LogP contribution is 2.20. The highest BCUT2D eigenvalue weighted by atomic mass is 32.2. The second-order valence-corrected chi connectivity index (χ2v) is 8.17. The predicted molar refractivity (Wildman–Crippen MR) is 107 cm³/mol. The smallest absolute Gasteiger partial charge is 0.336 e. The van der Waals surface area contributed by atoms with Gasteiger partial charge >= 0.3 is 5.97 Å². The third-order valence-electron chi connectivity index (χ3n) is 4.10. The molecule has 2 rings (SSSR count). The van der Waals surface area contributed by atoms with E-state index in [1.807, 2.05) is 13.8 Å². The summed E-state index contributed by atoms with van der Waals surface area (Å²) in [5, 5.41) is 11.8. The average Bonchev–Trinajstić information content (AvgIpc) is 2.68. The first kappa shape index (κ1) is 21.6. The molecule has 28 heavy (non-hydrogen) atoms. The lowest BCUT2D eigenvalue weighted by Gasteiger charge is -2.21. The standard InChI is InChI=1S/C20H24N2O5S/c1-3-13-22(14-4-2)28(26,27)16-11-9-15(10-12-16)21-19(23)17-7-5-6-8-18(17)20(24)25/h5-12H,3-4,13-14H2,1-2H3,(H,21,23)(H,24,25). The summed E-state index contributed by atoms with van der Waals surface area (Å²) in [6.07, 6.45) is 1.44. The summed E-state index contributed by atoms with van der Waals surface area (Å²) < 4.78 is 27.0. The van der Waals surface area contributed by atoms with Crippen LogP contribution in [-0.2, 0) is 10.0 Å². The van der Waals surface area contributed by atoms with Crippen LogP contribution in [0.1, 0.15) is 47.4 Å². The minimum atomic E-state index is -3.60. The average molecular weight is 404 g/mol. The number of benzene rings is 2. The van der Waals surface area contributed by atoms with E-state index in [1.165, 1.54) is 46.8 Å². The molecule has 0 aliphatic heterocycles. The van der Waals surface area contributed by atoms with E-state index in [9.17, 15) is 23.1 Å². The van der Waals surface area contributed by atoms with E-state index in [1.54, 1.807) is 6.07 Å². The molecule has 0 saturated carbocycles. The number of carbonyl (C=O) groups excluding carboxylic acids is 1. The summed E-state index contributed by atoms with van der Waals surface area (Å²) in [6, 6.07) is 11.7. The van der Waals surface area contributed by atoms with E-state index < -0.39 is 21.9 Å². The zero-order valence-electron chi connectivity index (χ0n) is 15.9. The van der Waals surface area contributed by atoms with Crippen molar-refractivity contribution in [1.29, 1.82) is 0 Å². The van der Waals surface area contributed by atoms with Crippen LogP contribution in [0.4, 0.5) is 5.69 Å². The van der Waals surface area contributed by atoms with Crippen molar-refractivity contribution < 1.29 is 23.1 Å².